The van der Waals surface area contributed by atoms with E-state index in [1.165, 1.54) is 8.61 Å². The molecule has 0 aliphatic heterocycles. The highest BCUT2D eigenvalue weighted by Crippen LogP contribution is 2.12. The van der Waals surface area contributed by atoms with Crippen molar-refractivity contribution in [3.05, 3.63) is 24.2 Å². The van der Waals surface area contributed by atoms with Crippen molar-refractivity contribution in [3.63, 3.8) is 0 Å². The predicted molar refractivity (Wildman–Crippen MR) is 84.1 cm³/mol. The van der Waals surface area contributed by atoms with Gasteiger partial charge in [-0.1, -0.05) is 20.8 Å². The number of nitrogens with one attached hydrogen (secondary N) is 1. The van der Waals surface area contributed by atoms with E-state index in [4.69, 9.17) is 4.42 Å². The maximum atomic E-state index is 12.5. The minimum absolute atomic E-state index is 0.264. The fourth-order valence-corrected chi connectivity index (χ4v) is 3.31. The summed E-state index contributed by atoms with van der Waals surface area (Å²) in [5.41, 5.74) is 0. The van der Waals surface area contributed by atoms with Crippen molar-refractivity contribution >= 4 is 10.2 Å². The molecule has 21 heavy (non-hydrogen) atoms. The van der Waals surface area contributed by atoms with Gasteiger partial charge in [-0.15, -0.1) is 0 Å². The van der Waals surface area contributed by atoms with Crippen LogP contribution in [0.1, 0.15) is 33.0 Å². The van der Waals surface area contributed by atoms with Gasteiger partial charge in [0.15, 0.2) is 0 Å². The lowest BCUT2D eigenvalue weighted by Gasteiger charge is -2.26. The van der Waals surface area contributed by atoms with Crippen LogP contribution in [0, 0.1) is 0 Å². The third-order valence-corrected chi connectivity index (χ3v) is 5.20. The molecule has 0 spiro atoms. The van der Waals surface area contributed by atoms with E-state index >= 15 is 0 Å². The summed E-state index contributed by atoms with van der Waals surface area (Å²) in [6, 6.07) is 3.96. The summed E-state index contributed by atoms with van der Waals surface area (Å²) in [5, 5.41) is 3.28. The van der Waals surface area contributed by atoms with Crippen molar-refractivity contribution < 1.29 is 12.8 Å². The van der Waals surface area contributed by atoms with Crippen molar-refractivity contribution in [3.8, 4) is 0 Å². The maximum Gasteiger partial charge on any atom is 0.282 e. The molecular formula is C14H27N3O3S. The smallest absolute Gasteiger partial charge is 0.282 e. The SMILES string of the molecule is CCN(Cc1ccco1)S(=O)(=O)N(C)CCCNC(C)C. The third-order valence-electron chi connectivity index (χ3n) is 3.19. The van der Waals surface area contributed by atoms with Gasteiger partial charge in [0.05, 0.1) is 12.8 Å². The second-order valence-corrected chi connectivity index (χ2v) is 7.33. The van der Waals surface area contributed by atoms with Gasteiger partial charge in [-0.3, -0.25) is 0 Å². The van der Waals surface area contributed by atoms with Gasteiger partial charge in [0.2, 0.25) is 0 Å². The van der Waals surface area contributed by atoms with Crippen molar-refractivity contribution in [1.82, 2.24) is 13.9 Å². The summed E-state index contributed by atoms with van der Waals surface area (Å²) in [6.45, 7) is 7.95. The van der Waals surface area contributed by atoms with Crippen LogP contribution < -0.4 is 5.32 Å². The van der Waals surface area contributed by atoms with Crippen LogP contribution in [0.15, 0.2) is 22.8 Å². The Morgan fingerprint density at radius 3 is 2.62 bits per heavy atom. The fraction of sp³-hybridized carbons (Fsp3) is 0.714. The Balaban J connectivity index is 2.55. The molecule has 0 bridgehead atoms. The Morgan fingerprint density at radius 1 is 1.38 bits per heavy atom. The fourth-order valence-electron chi connectivity index (χ4n) is 1.94. The summed E-state index contributed by atoms with van der Waals surface area (Å²) in [5.74, 6) is 0.648. The van der Waals surface area contributed by atoms with Crippen molar-refractivity contribution in [2.45, 2.75) is 39.8 Å². The molecule has 122 valence electrons. The largest absolute Gasteiger partial charge is 0.468 e. The first kappa shape index (κ1) is 18.2. The normalized spacial score (nSPS) is 12.7. The molecule has 0 aliphatic carbocycles. The van der Waals surface area contributed by atoms with E-state index in [0.717, 1.165) is 13.0 Å². The molecule has 1 aromatic heterocycles. The second-order valence-electron chi connectivity index (χ2n) is 5.30. The molecule has 0 saturated heterocycles. The van der Waals surface area contributed by atoms with Gasteiger partial charge in [0.1, 0.15) is 5.76 Å². The highest BCUT2D eigenvalue weighted by Gasteiger charge is 2.26. The zero-order valence-electron chi connectivity index (χ0n) is 13.4. The van der Waals surface area contributed by atoms with E-state index in [2.05, 4.69) is 19.2 Å². The third kappa shape index (κ3) is 5.78. The molecule has 0 aliphatic rings. The summed E-state index contributed by atoms with van der Waals surface area (Å²) in [7, 11) is -1.83. The quantitative estimate of drug-likeness (QED) is 0.667. The van der Waals surface area contributed by atoms with E-state index < -0.39 is 10.2 Å². The number of hydrogen-bond donors (Lipinski definition) is 1. The van der Waals surface area contributed by atoms with Gasteiger partial charge in [0, 0.05) is 26.2 Å². The highest BCUT2D eigenvalue weighted by atomic mass is 32.2. The topological polar surface area (TPSA) is 65.8 Å². The number of furan rings is 1. The lowest BCUT2D eigenvalue weighted by Crippen LogP contribution is -2.42. The molecule has 0 unspecified atom stereocenters. The standard InChI is InChI=1S/C14H27N3O3S/c1-5-17(12-14-8-6-11-20-14)21(18,19)16(4)10-7-9-15-13(2)3/h6,8,11,13,15H,5,7,9-10,12H2,1-4H3. The second kappa shape index (κ2) is 8.53. The predicted octanol–water partition coefficient (Wildman–Crippen LogP) is 1.67. The number of rotatable bonds is 10. The Kier molecular flexibility index (Phi) is 7.37. The molecule has 0 fully saturated rings. The summed E-state index contributed by atoms with van der Waals surface area (Å²) in [4.78, 5) is 0. The van der Waals surface area contributed by atoms with Crippen LogP contribution in [0.2, 0.25) is 0 Å². The van der Waals surface area contributed by atoms with Gasteiger partial charge in [0.25, 0.3) is 10.2 Å². The van der Waals surface area contributed by atoms with Crippen molar-refractivity contribution in [2.24, 2.45) is 0 Å². The molecule has 1 rings (SSSR count). The first-order valence-electron chi connectivity index (χ1n) is 7.35. The monoisotopic (exact) mass is 317 g/mol. The number of nitrogens with zero attached hydrogens (tertiary/aromatic N) is 2. The molecule has 7 heteroatoms. The van der Waals surface area contributed by atoms with Gasteiger partial charge in [-0.2, -0.15) is 17.0 Å². The summed E-state index contributed by atoms with van der Waals surface area (Å²) >= 11 is 0. The summed E-state index contributed by atoms with van der Waals surface area (Å²) in [6.07, 6.45) is 2.34. The minimum atomic E-state index is -3.45. The molecule has 1 aromatic rings. The lowest BCUT2D eigenvalue weighted by atomic mass is 10.3. The molecule has 0 radical (unpaired) electrons. The van der Waals surface area contributed by atoms with Gasteiger partial charge in [-0.25, -0.2) is 0 Å². The van der Waals surface area contributed by atoms with E-state index in [9.17, 15) is 8.42 Å². The molecule has 1 heterocycles. The highest BCUT2D eigenvalue weighted by molar-refractivity contribution is 7.86. The van der Waals surface area contributed by atoms with E-state index in [1.807, 2.05) is 6.92 Å². The van der Waals surface area contributed by atoms with Crippen LogP contribution in [0.4, 0.5) is 0 Å². The molecule has 0 atom stereocenters. The minimum Gasteiger partial charge on any atom is -0.468 e. The zero-order chi connectivity index (χ0) is 15.9. The number of hydrogen-bond acceptors (Lipinski definition) is 4. The lowest BCUT2D eigenvalue weighted by molar-refractivity contribution is 0.336. The van der Waals surface area contributed by atoms with Crippen molar-refractivity contribution in [1.29, 1.82) is 0 Å². The van der Waals surface area contributed by atoms with E-state index in [0.29, 0.717) is 24.9 Å². The Morgan fingerprint density at radius 2 is 2.10 bits per heavy atom. The van der Waals surface area contributed by atoms with Crippen LogP contribution in [-0.4, -0.2) is 49.8 Å². The van der Waals surface area contributed by atoms with Crippen LogP contribution in [0.3, 0.4) is 0 Å². The van der Waals surface area contributed by atoms with Crippen LogP contribution in [0.25, 0.3) is 0 Å². The van der Waals surface area contributed by atoms with Crippen LogP contribution in [-0.2, 0) is 16.8 Å². The maximum absolute atomic E-state index is 12.5. The van der Waals surface area contributed by atoms with Crippen molar-refractivity contribution in [2.75, 3.05) is 26.7 Å². The Bertz CT molecular complexity index is 486. The average molecular weight is 317 g/mol. The zero-order valence-corrected chi connectivity index (χ0v) is 14.2. The Labute approximate surface area is 128 Å². The molecule has 0 aromatic carbocycles. The van der Waals surface area contributed by atoms with Gasteiger partial charge < -0.3 is 9.73 Å². The Hall–Kier alpha value is -0.890. The van der Waals surface area contributed by atoms with E-state index in [-0.39, 0.29) is 6.54 Å². The first-order valence-corrected chi connectivity index (χ1v) is 8.74. The molecule has 0 amide bonds. The first-order chi connectivity index (χ1) is 9.87. The van der Waals surface area contributed by atoms with E-state index in [1.54, 1.807) is 25.4 Å². The summed E-state index contributed by atoms with van der Waals surface area (Å²) < 4.78 is 33.1. The van der Waals surface area contributed by atoms with Crippen LogP contribution in [0.5, 0.6) is 0 Å². The molecule has 1 N–H and O–H groups in total. The van der Waals surface area contributed by atoms with Gasteiger partial charge in [-0.05, 0) is 25.1 Å². The molecule has 0 saturated carbocycles. The molecular weight excluding hydrogens is 290 g/mol. The van der Waals surface area contributed by atoms with Gasteiger partial charge >= 0.3 is 0 Å². The van der Waals surface area contributed by atoms with Crippen LogP contribution >= 0.6 is 0 Å². The average Bonchev–Trinajstić information content (AvgIpc) is 2.93. The molecule has 6 nitrogen and oxygen atoms in total.